The minimum Gasteiger partial charge on any atom is -0.456 e. The maximum atomic E-state index is 13.8. The molecule has 0 aliphatic heterocycles. The number of halogens is 1. The van der Waals surface area contributed by atoms with Crippen LogP contribution < -0.4 is 4.57 Å². The first-order valence-corrected chi connectivity index (χ1v) is 11.7. The summed E-state index contributed by atoms with van der Waals surface area (Å²) in [6.45, 7) is 6.59. The summed E-state index contributed by atoms with van der Waals surface area (Å²) in [5.74, 6) is 1.17. The van der Waals surface area contributed by atoms with E-state index in [1.165, 1.54) is 23.4 Å². The molecule has 6 rings (SSSR count). The molecule has 2 heterocycles. The molecular formula is C30H26FN2O+. The number of nitrogens with zero attached hydrogens (tertiary/aromatic N) is 2. The van der Waals surface area contributed by atoms with Crippen LogP contribution in [0.1, 0.15) is 30.9 Å². The van der Waals surface area contributed by atoms with E-state index in [9.17, 15) is 4.39 Å². The number of hydrogen-bond donors (Lipinski definition) is 0. The highest BCUT2D eigenvalue weighted by molar-refractivity contribution is 6.06. The van der Waals surface area contributed by atoms with Crippen molar-refractivity contribution in [3.05, 3.63) is 95.8 Å². The van der Waals surface area contributed by atoms with E-state index in [2.05, 4.69) is 97.6 Å². The molecule has 0 spiro atoms. The van der Waals surface area contributed by atoms with Crippen LogP contribution in [0.15, 0.2) is 83.3 Å². The van der Waals surface area contributed by atoms with Crippen LogP contribution in [0.4, 0.5) is 4.39 Å². The fourth-order valence-electron chi connectivity index (χ4n) is 5.18. The molecule has 4 heteroatoms. The Bertz CT molecular complexity index is 1720. The second kappa shape index (κ2) is 7.56. The molecule has 0 N–H and O–H groups in total. The SMILES string of the molecule is Cc1cc2c(cc1-c1n(-c3ccccc3C(C)C)c3ccccc3[n+]1C)oc1cc(F)ccc12. The predicted octanol–water partition coefficient (Wildman–Crippen LogP) is 7.59. The highest BCUT2D eigenvalue weighted by Crippen LogP contribution is 2.37. The van der Waals surface area contributed by atoms with Crippen LogP contribution in [0.5, 0.6) is 0 Å². The van der Waals surface area contributed by atoms with Gasteiger partial charge in [-0.3, -0.25) is 0 Å². The van der Waals surface area contributed by atoms with Crippen molar-refractivity contribution in [3.8, 4) is 17.1 Å². The predicted molar refractivity (Wildman–Crippen MR) is 136 cm³/mol. The first-order chi connectivity index (χ1) is 16.4. The lowest BCUT2D eigenvalue weighted by atomic mass is 10.00. The van der Waals surface area contributed by atoms with Crippen molar-refractivity contribution in [2.45, 2.75) is 26.7 Å². The van der Waals surface area contributed by atoms with Crippen molar-refractivity contribution in [2.24, 2.45) is 7.05 Å². The van der Waals surface area contributed by atoms with Gasteiger partial charge in [0.05, 0.1) is 12.6 Å². The molecule has 4 aromatic carbocycles. The zero-order valence-corrected chi connectivity index (χ0v) is 19.8. The third-order valence-corrected chi connectivity index (χ3v) is 6.83. The molecule has 6 aromatic rings. The molecule has 0 atom stereocenters. The Hall–Kier alpha value is -3.92. The normalized spacial score (nSPS) is 11.9. The summed E-state index contributed by atoms with van der Waals surface area (Å²) in [5.41, 5.74) is 8.34. The molecule has 0 unspecified atom stereocenters. The van der Waals surface area contributed by atoms with E-state index in [1.54, 1.807) is 6.07 Å². The quantitative estimate of drug-likeness (QED) is 0.255. The van der Waals surface area contributed by atoms with Gasteiger partial charge in [0.25, 0.3) is 5.82 Å². The molecule has 168 valence electrons. The van der Waals surface area contributed by atoms with Gasteiger partial charge >= 0.3 is 0 Å². The Kier molecular flexibility index (Phi) is 4.59. The second-order valence-electron chi connectivity index (χ2n) is 9.33. The zero-order valence-electron chi connectivity index (χ0n) is 19.8. The number of para-hydroxylation sites is 3. The van der Waals surface area contributed by atoms with Crippen molar-refractivity contribution in [1.82, 2.24) is 4.57 Å². The highest BCUT2D eigenvalue weighted by atomic mass is 19.1. The first-order valence-electron chi connectivity index (χ1n) is 11.7. The summed E-state index contributed by atoms with van der Waals surface area (Å²) in [4.78, 5) is 0. The van der Waals surface area contributed by atoms with Crippen LogP contribution in [0.25, 0.3) is 50.0 Å². The molecule has 0 saturated carbocycles. The molecule has 0 aliphatic rings. The van der Waals surface area contributed by atoms with Gasteiger partial charge in [-0.25, -0.2) is 8.96 Å². The summed E-state index contributed by atoms with van der Waals surface area (Å²) >= 11 is 0. The van der Waals surface area contributed by atoms with Gasteiger partial charge in [-0.1, -0.05) is 44.2 Å². The van der Waals surface area contributed by atoms with E-state index < -0.39 is 0 Å². The van der Waals surface area contributed by atoms with Crippen LogP contribution in [-0.2, 0) is 7.05 Å². The van der Waals surface area contributed by atoms with Crippen LogP contribution >= 0.6 is 0 Å². The molecule has 0 radical (unpaired) electrons. The summed E-state index contributed by atoms with van der Waals surface area (Å²) in [6, 6.07) is 26.1. The standard InChI is InChI=1S/C30H26FN2O/c1-18(2)21-9-5-6-10-25(21)33-27-12-8-7-11-26(27)32(4)30(33)23-17-29-24(15-19(23)3)22-14-13-20(31)16-28(22)34-29/h5-18H,1-4H3/q+1. The van der Waals surface area contributed by atoms with Gasteiger partial charge in [-0.2, -0.15) is 4.57 Å². The van der Waals surface area contributed by atoms with Crippen LogP contribution in [0.3, 0.4) is 0 Å². The van der Waals surface area contributed by atoms with Crippen LogP contribution in [0, 0.1) is 12.7 Å². The number of aromatic nitrogens is 2. The first kappa shape index (κ1) is 20.7. The Morgan fingerprint density at radius 3 is 2.41 bits per heavy atom. The number of benzene rings is 4. The monoisotopic (exact) mass is 449 g/mol. The van der Waals surface area contributed by atoms with Gasteiger partial charge in [0.2, 0.25) is 0 Å². The number of hydrogen-bond acceptors (Lipinski definition) is 1. The lowest BCUT2D eigenvalue weighted by Crippen LogP contribution is -2.30. The zero-order chi connectivity index (χ0) is 23.6. The van der Waals surface area contributed by atoms with Gasteiger partial charge in [-0.15, -0.1) is 0 Å². The maximum Gasteiger partial charge on any atom is 0.295 e. The molecule has 34 heavy (non-hydrogen) atoms. The van der Waals surface area contributed by atoms with E-state index in [0.717, 1.165) is 44.3 Å². The number of rotatable bonds is 3. The van der Waals surface area contributed by atoms with Crippen molar-refractivity contribution < 1.29 is 13.4 Å². The van der Waals surface area contributed by atoms with E-state index in [-0.39, 0.29) is 5.82 Å². The summed E-state index contributed by atoms with van der Waals surface area (Å²) in [7, 11) is 2.11. The molecule has 2 aromatic heterocycles. The van der Waals surface area contributed by atoms with Crippen molar-refractivity contribution in [3.63, 3.8) is 0 Å². The minimum absolute atomic E-state index is 0.291. The fraction of sp³-hybridized carbons (Fsp3) is 0.167. The lowest BCUT2D eigenvalue weighted by molar-refractivity contribution is -0.633. The molecule has 3 nitrogen and oxygen atoms in total. The van der Waals surface area contributed by atoms with E-state index in [1.807, 2.05) is 0 Å². The molecule has 0 amide bonds. The summed E-state index contributed by atoms with van der Waals surface area (Å²) in [5, 5.41) is 1.94. The lowest BCUT2D eigenvalue weighted by Gasteiger charge is -2.12. The van der Waals surface area contributed by atoms with Gasteiger partial charge in [0, 0.05) is 22.4 Å². The van der Waals surface area contributed by atoms with Gasteiger partial charge in [0.15, 0.2) is 11.0 Å². The summed E-state index contributed by atoms with van der Waals surface area (Å²) in [6.07, 6.45) is 0. The maximum absolute atomic E-state index is 13.8. The van der Waals surface area contributed by atoms with Crippen molar-refractivity contribution >= 4 is 33.0 Å². The topological polar surface area (TPSA) is 21.9 Å². The Morgan fingerprint density at radius 1 is 0.853 bits per heavy atom. The number of imidazole rings is 1. The third kappa shape index (κ3) is 2.98. The Balaban J connectivity index is 1.72. The molecule has 0 saturated heterocycles. The molecule has 0 fully saturated rings. The van der Waals surface area contributed by atoms with Gasteiger partial charge < -0.3 is 4.42 Å². The van der Waals surface area contributed by atoms with Gasteiger partial charge in [0.1, 0.15) is 22.7 Å². The van der Waals surface area contributed by atoms with E-state index >= 15 is 0 Å². The van der Waals surface area contributed by atoms with E-state index in [0.29, 0.717) is 11.5 Å². The Labute approximate surface area is 197 Å². The highest BCUT2D eigenvalue weighted by Gasteiger charge is 2.29. The average Bonchev–Trinajstić information content (AvgIpc) is 3.32. The number of fused-ring (bicyclic) bond motifs is 4. The van der Waals surface area contributed by atoms with Crippen LogP contribution in [-0.4, -0.2) is 4.57 Å². The number of furan rings is 1. The largest absolute Gasteiger partial charge is 0.456 e. The minimum atomic E-state index is -0.291. The second-order valence-corrected chi connectivity index (χ2v) is 9.33. The van der Waals surface area contributed by atoms with Crippen LogP contribution in [0.2, 0.25) is 0 Å². The number of aryl methyl sites for hydroxylation is 2. The van der Waals surface area contributed by atoms with Crippen molar-refractivity contribution in [1.29, 1.82) is 0 Å². The average molecular weight is 450 g/mol. The Morgan fingerprint density at radius 2 is 1.59 bits per heavy atom. The molecule has 0 bridgehead atoms. The van der Waals surface area contributed by atoms with Crippen molar-refractivity contribution in [2.75, 3.05) is 0 Å². The third-order valence-electron chi connectivity index (χ3n) is 6.83. The van der Waals surface area contributed by atoms with Gasteiger partial charge in [-0.05, 0) is 60.9 Å². The smallest absolute Gasteiger partial charge is 0.295 e. The van der Waals surface area contributed by atoms with E-state index in [4.69, 9.17) is 4.42 Å². The molecule has 0 aliphatic carbocycles. The fourth-order valence-corrected chi connectivity index (χ4v) is 5.18. The summed E-state index contributed by atoms with van der Waals surface area (Å²) < 4.78 is 24.6. The molecular weight excluding hydrogens is 423 g/mol.